The molecule has 0 aromatic carbocycles. The Balaban J connectivity index is 2.06. The third-order valence-electron chi connectivity index (χ3n) is 2.37. The van der Waals surface area contributed by atoms with Crippen LogP contribution < -0.4 is 0 Å². The van der Waals surface area contributed by atoms with Gasteiger partial charge in [0, 0.05) is 0 Å². The molecule has 0 saturated carbocycles. The van der Waals surface area contributed by atoms with Crippen LogP contribution in [0.1, 0.15) is 0 Å². The molecule has 0 aliphatic carbocycles. The first-order valence-electron chi connectivity index (χ1n) is 4.58. The summed E-state index contributed by atoms with van der Waals surface area (Å²) >= 11 is 32.1. The zero-order valence-electron chi connectivity index (χ0n) is 8.33. The zero-order chi connectivity index (χ0) is 12.7. The fourth-order valence-electron chi connectivity index (χ4n) is 1.43. The monoisotopic (exact) mass is 466 g/mol. The molecule has 0 aromatic heterocycles. The third-order valence-corrected chi connectivity index (χ3v) is 48.4. The summed E-state index contributed by atoms with van der Waals surface area (Å²) in [6, 6.07) is 0. The van der Waals surface area contributed by atoms with E-state index in [1.165, 1.54) is 7.06 Å². The molecule has 2 rings (SSSR count). The number of thiocarbonyl (C=S) groups is 2. The SMILES string of the molecule is S=C1SC(S)C(S)[SH]1[Zn][SH]1C(=S)SC(S)C1S. The van der Waals surface area contributed by atoms with E-state index in [0.29, 0.717) is 9.16 Å². The number of hydrogen-bond donors (Lipinski definition) is 6. The minimum atomic E-state index is -0.825. The van der Waals surface area contributed by atoms with Gasteiger partial charge in [-0.1, -0.05) is 0 Å². The summed E-state index contributed by atoms with van der Waals surface area (Å²) in [4.78, 5) is 0. The maximum absolute atomic E-state index is 5.49. The first-order valence-corrected chi connectivity index (χ1v) is 20.4. The number of thioether (sulfide) groups is 2. The van der Waals surface area contributed by atoms with E-state index in [-0.39, 0.29) is 26.9 Å². The minimum absolute atomic E-state index is 0.175. The summed E-state index contributed by atoms with van der Waals surface area (Å²) in [5, 5.41) is 0. The quantitative estimate of drug-likeness (QED) is 0.206. The average molecular weight is 468 g/mol. The van der Waals surface area contributed by atoms with Gasteiger partial charge in [-0.15, -0.1) is 0 Å². The van der Waals surface area contributed by atoms with Crippen molar-refractivity contribution in [2.24, 2.45) is 0 Å². The van der Waals surface area contributed by atoms with E-state index in [9.17, 15) is 0 Å². The van der Waals surface area contributed by atoms with Crippen molar-refractivity contribution < 1.29 is 14.7 Å². The molecule has 2 aliphatic heterocycles. The Morgan fingerprint density at radius 2 is 1.24 bits per heavy atom. The van der Waals surface area contributed by atoms with Crippen LogP contribution in [0.2, 0.25) is 0 Å². The Kier molecular flexibility index (Phi) is 7.23. The molecule has 0 radical (unpaired) electrons. The van der Waals surface area contributed by atoms with Crippen LogP contribution in [-0.2, 0) is 14.7 Å². The second kappa shape index (κ2) is 7.24. The molecule has 0 N–H and O–H groups in total. The van der Waals surface area contributed by atoms with Gasteiger partial charge in [0.15, 0.2) is 0 Å². The van der Waals surface area contributed by atoms with Crippen molar-refractivity contribution in [2.45, 2.75) is 18.3 Å². The van der Waals surface area contributed by atoms with E-state index < -0.39 is 14.7 Å². The van der Waals surface area contributed by atoms with E-state index in [1.54, 1.807) is 23.5 Å². The van der Waals surface area contributed by atoms with Crippen LogP contribution in [0.15, 0.2) is 0 Å². The Morgan fingerprint density at radius 1 is 0.882 bits per heavy atom. The van der Waals surface area contributed by atoms with Crippen LogP contribution in [0.5, 0.6) is 0 Å². The number of thiol groups is 6. The van der Waals surface area contributed by atoms with Crippen LogP contribution >= 0.6 is 116 Å². The van der Waals surface area contributed by atoms with Crippen molar-refractivity contribution >= 4 is 123 Å². The standard InChI is InChI=1S/2C3H4S5.Zn/c2*4-1-2(5)8-3(6)7-1;/h2*1-2,4-5H;/q;;-2/p+2. The summed E-state index contributed by atoms with van der Waals surface area (Å²) in [5.41, 5.74) is 0. The molecule has 11 heteroatoms. The van der Waals surface area contributed by atoms with E-state index in [0.717, 1.165) is 0 Å². The molecule has 0 nitrogen and oxygen atoms in total. The molecule has 0 bridgehead atoms. The summed E-state index contributed by atoms with van der Waals surface area (Å²) < 4.78 is 3.68. The van der Waals surface area contributed by atoms with Crippen molar-refractivity contribution in [1.29, 1.82) is 0 Å². The third kappa shape index (κ3) is 3.87. The van der Waals surface area contributed by atoms with E-state index in [4.69, 9.17) is 49.7 Å². The summed E-state index contributed by atoms with van der Waals surface area (Å²) in [5.74, 6) is 0. The Hall–Kier alpha value is 3.60. The summed E-state index contributed by atoms with van der Waals surface area (Å²) in [7, 11) is -0.351. The van der Waals surface area contributed by atoms with Crippen molar-refractivity contribution in [2.75, 3.05) is 0 Å². The Morgan fingerprint density at radius 3 is 1.47 bits per heavy atom. The van der Waals surface area contributed by atoms with E-state index in [1.807, 2.05) is 0 Å². The van der Waals surface area contributed by atoms with Crippen molar-refractivity contribution in [1.82, 2.24) is 0 Å². The van der Waals surface area contributed by atoms with Gasteiger partial charge in [0.2, 0.25) is 0 Å². The molecule has 2 heterocycles. The van der Waals surface area contributed by atoms with Crippen LogP contribution in [0.3, 0.4) is 0 Å². The number of rotatable bonds is 2. The van der Waals surface area contributed by atoms with Crippen molar-refractivity contribution in [3.63, 3.8) is 0 Å². The van der Waals surface area contributed by atoms with Gasteiger partial charge in [-0.2, -0.15) is 0 Å². The topological polar surface area (TPSA) is 0 Å². The van der Waals surface area contributed by atoms with Gasteiger partial charge in [0.1, 0.15) is 0 Å². The van der Waals surface area contributed by atoms with Gasteiger partial charge in [0.05, 0.1) is 0 Å². The molecule has 96 valence electrons. The molecule has 2 aliphatic rings. The predicted octanol–water partition coefficient (Wildman–Crippen LogP) is 3.99. The molecule has 17 heavy (non-hydrogen) atoms. The molecule has 2 saturated heterocycles. The van der Waals surface area contributed by atoms with Crippen molar-refractivity contribution in [3.05, 3.63) is 0 Å². The zero-order valence-corrected chi connectivity index (χ0v) is 19.9. The van der Waals surface area contributed by atoms with Gasteiger partial charge < -0.3 is 0 Å². The summed E-state index contributed by atoms with van der Waals surface area (Å²) in [6.07, 6.45) is 0. The predicted molar refractivity (Wildman–Crippen MR) is 109 cm³/mol. The first kappa shape index (κ1) is 17.0. The van der Waals surface area contributed by atoms with Gasteiger partial charge in [0.25, 0.3) is 0 Å². The molecule has 0 amide bonds. The molecular weight excluding hydrogens is 458 g/mol. The van der Waals surface area contributed by atoms with Crippen LogP contribution in [0.25, 0.3) is 0 Å². The second-order valence-corrected chi connectivity index (χ2v) is 31.0. The summed E-state index contributed by atoms with van der Waals surface area (Å²) in [6.45, 7) is 0. The van der Waals surface area contributed by atoms with Gasteiger partial charge in [-0.05, 0) is 0 Å². The van der Waals surface area contributed by atoms with Gasteiger partial charge in [-0.3, -0.25) is 0 Å². The fraction of sp³-hybridized carbons (Fsp3) is 0.667. The molecule has 0 spiro atoms. The van der Waals surface area contributed by atoms with Gasteiger partial charge >= 0.3 is 156 Å². The van der Waals surface area contributed by atoms with E-state index in [2.05, 4.69) is 25.3 Å². The maximum atomic E-state index is 5.49. The van der Waals surface area contributed by atoms with Crippen molar-refractivity contribution in [3.8, 4) is 0 Å². The molecule has 6 atom stereocenters. The molecular formula is C6H10S10Zn. The van der Waals surface area contributed by atoms with E-state index >= 15 is 0 Å². The van der Waals surface area contributed by atoms with Gasteiger partial charge in [-0.25, -0.2) is 0 Å². The fourth-order valence-corrected chi connectivity index (χ4v) is 60.4. The number of hydrogen-bond acceptors (Lipinski definition) is 8. The van der Waals surface area contributed by atoms with Crippen LogP contribution in [-0.4, -0.2) is 25.4 Å². The average Bonchev–Trinajstić information content (AvgIpc) is 2.62. The Labute approximate surface area is 154 Å². The Bertz CT molecular complexity index is 314. The second-order valence-electron chi connectivity index (χ2n) is 3.46. The van der Waals surface area contributed by atoms with Crippen LogP contribution in [0, 0.1) is 0 Å². The van der Waals surface area contributed by atoms with Crippen LogP contribution in [0.4, 0.5) is 0 Å². The first-order chi connectivity index (χ1) is 7.91. The molecule has 6 unspecified atom stereocenters. The molecule has 0 aromatic rings. The normalized spacial score (nSPS) is 50.6. The molecule has 2 fully saturated rings.